The number of benzene rings is 1. The maximum atomic E-state index is 12.4. The number of morpholine rings is 1. The highest BCUT2D eigenvalue weighted by atomic mass is 35.6. The number of rotatable bonds is 3. The third-order valence-electron chi connectivity index (χ3n) is 3.43. The van der Waals surface area contributed by atoms with E-state index in [-0.39, 0.29) is 5.91 Å². The van der Waals surface area contributed by atoms with E-state index in [4.69, 9.17) is 39.5 Å². The molecule has 1 aromatic rings. The first-order valence-electron chi connectivity index (χ1n) is 6.74. The van der Waals surface area contributed by atoms with Gasteiger partial charge < -0.3 is 9.64 Å². The van der Waals surface area contributed by atoms with Crippen LogP contribution in [0.5, 0.6) is 0 Å². The number of alkyl halides is 3. The van der Waals surface area contributed by atoms with E-state index in [2.05, 4.69) is 5.32 Å². The average Bonchev–Trinajstić information content (AvgIpc) is 2.44. The van der Waals surface area contributed by atoms with Gasteiger partial charge in [0.1, 0.15) is 13.1 Å². The Balaban J connectivity index is 2.13. The predicted octanol–water partition coefficient (Wildman–Crippen LogP) is 1.34. The fourth-order valence-corrected chi connectivity index (χ4v) is 2.96. The highest BCUT2D eigenvalue weighted by Gasteiger charge is 2.42. The largest absolute Gasteiger partial charge is 0.370 e. The van der Waals surface area contributed by atoms with Crippen LogP contribution < -0.4 is 10.2 Å². The minimum atomic E-state index is -1.58. The van der Waals surface area contributed by atoms with Gasteiger partial charge in [-0.3, -0.25) is 10.1 Å². The zero-order valence-electron chi connectivity index (χ0n) is 11.7. The molecule has 21 heavy (non-hydrogen) atoms. The minimum absolute atomic E-state index is 0.242. The molecule has 1 unspecified atom stereocenters. The van der Waals surface area contributed by atoms with Gasteiger partial charge in [0, 0.05) is 5.56 Å². The molecular weight excluding hydrogens is 335 g/mol. The highest BCUT2D eigenvalue weighted by Crippen LogP contribution is 2.28. The van der Waals surface area contributed by atoms with Crippen LogP contribution >= 0.6 is 34.8 Å². The van der Waals surface area contributed by atoms with Crippen molar-refractivity contribution in [3.05, 3.63) is 35.4 Å². The topological polar surface area (TPSA) is 42.8 Å². The van der Waals surface area contributed by atoms with Crippen LogP contribution in [0.1, 0.15) is 15.9 Å². The van der Waals surface area contributed by atoms with Gasteiger partial charge in [0.05, 0.1) is 13.2 Å². The minimum Gasteiger partial charge on any atom is -0.370 e. The second kappa shape index (κ2) is 7.16. The Hall–Kier alpha value is -0.520. The summed E-state index contributed by atoms with van der Waals surface area (Å²) >= 11 is 18.1. The van der Waals surface area contributed by atoms with Crippen molar-refractivity contribution in [2.75, 3.05) is 26.3 Å². The van der Waals surface area contributed by atoms with Crippen LogP contribution in [0.15, 0.2) is 24.3 Å². The summed E-state index contributed by atoms with van der Waals surface area (Å²) < 4.78 is 3.73. The van der Waals surface area contributed by atoms with Crippen LogP contribution in [0.4, 0.5) is 0 Å². The molecule has 0 spiro atoms. The highest BCUT2D eigenvalue weighted by molar-refractivity contribution is 6.68. The van der Waals surface area contributed by atoms with Crippen LogP contribution in [0.3, 0.4) is 0 Å². The molecule has 2 N–H and O–H groups in total. The van der Waals surface area contributed by atoms with Gasteiger partial charge in [0.25, 0.3) is 9.70 Å². The summed E-state index contributed by atoms with van der Waals surface area (Å²) in [5.41, 5.74) is 1.56. The number of carbonyl (C=O) groups is 1. The van der Waals surface area contributed by atoms with Crippen molar-refractivity contribution in [2.45, 2.75) is 16.9 Å². The average molecular weight is 353 g/mol. The molecule has 0 aromatic heterocycles. The van der Waals surface area contributed by atoms with Crippen LogP contribution in [-0.2, 0) is 4.74 Å². The van der Waals surface area contributed by atoms with Crippen molar-refractivity contribution >= 4 is 40.7 Å². The van der Waals surface area contributed by atoms with Gasteiger partial charge in [-0.2, -0.15) is 0 Å². The number of nitrogens with one attached hydrogen (secondary N) is 2. The fraction of sp³-hybridized carbons (Fsp3) is 0.500. The first-order chi connectivity index (χ1) is 9.88. The van der Waals surface area contributed by atoms with E-state index in [0.717, 1.165) is 10.5 Å². The normalized spacial score (nSPS) is 18.3. The Bertz CT molecular complexity index is 499. The molecule has 7 heteroatoms. The molecule has 1 saturated heterocycles. The third-order valence-corrected chi connectivity index (χ3v) is 4.08. The van der Waals surface area contributed by atoms with Crippen molar-refractivity contribution in [1.29, 1.82) is 0 Å². The molecule has 1 fully saturated rings. The lowest BCUT2D eigenvalue weighted by atomic mass is 10.1. The Morgan fingerprint density at radius 2 is 2.00 bits per heavy atom. The monoisotopic (exact) mass is 351 g/mol. The lowest BCUT2D eigenvalue weighted by Gasteiger charge is -2.35. The maximum Gasteiger partial charge on any atom is 0.262 e. The molecule has 1 amide bonds. The summed E-state index contributed by atoms with van der Waals surface area (Å²) in [4.78, 5) is 13.4. The lowest BCUT2D eigenvalue weighted by Crippen LogP contribution is -3.21. The summed E-state index contributed by atoms with van der Waals surface area (Å²) in [5, 5.41) is 2.84. The first-order valence-corrected chi connectivity index (χ1v) is 7.88. The summed E-state index contributed by atoms with van der Waals surface area (Å²) in [6.45, 7) is 4.48. The first kappa shape index (κ1) is 16.8. The number of hydrogen-bond acceptors (Lipinski definition) is 2. The second-order valence-corrected chi connectivity index (χ2v) is 7.46. The Labute approximate surface area is 139 Å². The van der Waals surface area contributed by atoms with Crippen LogP contribution in [-0.4, -0.2) is 42.2 Å². The third kappa shape index (κ3) is 4.73. The molecule has 1 aliphatic rings. The van der Waals surface area contributed by atoms with Crippen molar-refractivity contribution < 1.29 is 14.4 Å². The van der Waals surface area contributed by atoms with Crippen LogP contribution in [0, 0.1) is 6.92 Å². The smallest absolute Gasteiger partial charge is 0.262 e. The summed E-state index contributed by atoms with van der Waals surface area (Å²) in [6, 6.07) is 7.30. The molecule has 0 saturated carbocycles. The molecule has 4 nitrogen and oxygen atoms in total. The van der Waals surface area contributed by atoms with Gasteiger partial charge >= 0.3 is 0 Å². The lowest BCUT2D eigenvalue weighted by molar-refractivity contribution is -0.934. The molecule has 1 aliphatic heterocycles. The molecule has 1 heterocycles. The molecule has 116 valence electrons. The van der Waals surface area contributed by atoms with E-state index >= 15 is 0 Å². The number of amides is 1. The molecule has 1 aromatic carbocycles. The number of halogens is 3. The van der Waals surface area contributed by atoms with Crippen molar-refractivity contribution in [2.24, 2.45) is 0 Å². The standard InChI is InChI=1S/C14H17Cl3N2O2/c1-10-3-2-4-11(9-10)12(20)18-13(14(15,16)17)19-5-7-21-8-6-19/h2-4,9,13H,5-8H2,1H3,(H,18,20)/p+1. The summed E-state index contributed by atoms with van der Waals surface area (Å²) in [5.74, 6) is -0.242. The van der Waals surface area contributed by atoms with E-state index < -0.39 is 9.96 Å². The number of aryl methyl sites for hydroxylation is 1. The van der Waals surface area contributed by atoms with E-state index in [9.17, 15) is 4.79 Å². The fourth-order valence-electron chi connectivity index (χ4n) is 2.34. The number of quaternary nitrogens is 1. The quantitative estimate of drug-likeness (QED) is 0.806. The van der Waals surface area contributed by atoms with Crippen molar-refractivity contribution in [3.63, 3.8) is 0 Å². The van der Waals surface area contributed by atoms with Gasteiger partial charge in [-0.15, -0.1) is 0 Å². The van der Waals surface area contributed by atoms with Gasteiger partial charge in [0.2, 0.25) is 6.17 Å². The summed E-state index contributed by atoms with van der Waals surface area (Å²) in [7, 11) is 0. The number of carbonyl (C=O) groups excluding carboxylic acids is 1. The van der Waals surface area contributed by atoms with Crippen LogP contribution in [0.25, 0.3) is 0 Å². The van der Waals surface area contributed by atoms with Crippen molar-refractivity contribution in [1.82, 2.24) is 5.32 Å². The zero-order chi connectivity index (χ0) is 15.5. The van der Waals surface area contributed by atoms with E-state index in [1.165, 1.54) is 0 Å². The molecule has 1 atom stereocenters. The molecule has 0 bridgehead atoms. The molecule has 0 radical (unpaired) electrons. The Kier molecular flexibility index (Phi) is 5.74. The second-order valence-electron chi connectivity index (χ2n) is 5.09. The maximum absolute atomic E-state index is 12.4. The van der Waals surface area contributed by atoms with Crippen LogP contribution in [0.2, 0.25) is 0 Å². The van der Waals surface area contributed by atoms with Gasteiger partial charge in [-0.05, 0) is 19.1 Å². The molecule has 2 rings (SSSR count). The molecular formula is C14H18Cl3N2O2+. The van der Waals surface area contributed by atoms with E-state index in [1.807, 2.05) is 19.1 Å². The van der Waals surface area contributed by atoms with E-state index in [0.29, 0.717) is 31.9 Å². The molecule has 0 aliphatic carbocycles. The van der Waals surface area contributed by atoms with E-state index in [1.54, 1.807) is 12.1 Å². The van der Waals surface area contributed by atoms with Gasteiger partial charge in [0.15, 0.2) is 0 Å². The van der Waals surface area contributed by atoms with Crippen molar-refractivity contribution in [3.8, 4) is 0 Å². The summed E-state index contributed by atoms with van der Waals surface area (Å²) in [6.07, 6.45) is -0.612. The predicted molar refractivity (Wildman–Crippen MR) is 84.2 cm³/mol. The SMILES string of the molecule is Cc1cccc(C(=O)NC([NH+]2CCOCC2)C(Cl)(Cl)Cl)c1. The zero-order valence-corrected chi connectivity index (χ0v) is 13.9. The van der Waals surface area contributed by atoms with Gasteiger partial charge in [-0.1, -0.05) is 52.5 Å². The number of ether oxygens (including phenoxy) is 1. The Morgan fingerprint density at radius 3 is 2.57 bits per heavy atom. The Morgan fingerprint density at radius 1 is 1.33 bits per heavy atom. The number of hydrogen-bond donors (Lipinski definition) is 2. The van der Waals surface area contributed by atoms with Gasteiger partial charge in [-0.25, -0.2) is 0 Å².